The predicted octanol–water partition coefficient (Wildman–Crippen LogP) is 1.27. The van der Waals surface area contributed by atoms with Crippen molar-refractivity contribution in [1.82, 2.24) is 34.4 Å². The van der Waals surface area contributed by atoms with Crippen LogP contribution in [0.3, 0.4) is 0 Å². The van der Waals surface area contributed by atoms with Gasteiger partial charge in [-0.1, -0.05) is 24.8 Å². The van der Waals surface area contributed by atoms with E-state index in [-0.39, 0.29) is 35.2 Å². The Morgan fingerprint density at radius 2 is 2.11 bits per heavy atom. The van der Waals surface area contributed by atoms with Gasteiger partial charge in [-0.3, -0.25) is 19.1 Å². The number of nitrogens with two attached hydrogens (primary N) is 1. The molecule has 0 aromatic carbocycles. The first-order chi connectivity index (χ1) is 16.9. The lowest BCUT2D eigenvalue weighted by molar-refractivity contribution is 0.0965. The smallest absolute Gasteiger partial charge is 0.281 e. The largest absolute Gasteiger partial charge is 0.368 e. The topological polar surface area (TPSA) is 136 Å². The summed E-state index contributed by atoms with van der Waals surface area (Å²) in [6.07, 6.45) is 3.06. The van der Waals surface area contributed by atoms with Crippen LogP contribution in [0.15, 0.2) is 46.6 Å². The van der Waals surface area contributed by atoms with E-state index >= 15 is 0 Å². The van der Waals surface area contributed by atoms with Crippen molar-refractivity contribution >= 4 is 35.0 Å². The van der Waals surface area contributed by atoms with E-state index in [1.54, 1.807) is 18.3 Å². The number of thioether (sulfide) groups is 1. The van der Waals surface area contributed by atoms with E-state index in [0.29, 0.717) is 41.0 Å². The van der Waals surface area contributed by atoms with E-state index in [9.17, 15) is 14.0 Å². The number of anilines is 2. The average molecular weight is 494 g/mol. The molecule has 2 atom stereocenters. The van der Waals surface area contributed by atoms with Crippen molar-refractivity contribution in [2.45, 2.75) is 30.5 Å². The fourth-order valence-corrected chi connectivity index (χ4v) is 5.68. The fraction of sp³-hybridized carbons (Fsp3) is 0.273. The van der Waals surface area contributed by atoms with Crippen molar-refractivity contribution in [2.75, 3.05) is 17.2 Å². The van der Waals surface area contributed by atoms with Gasteiger partial charge < -0.3 is 16.0 Å². The van der Waals surface area contributed by atoms with Crippen molar-refractivity contribution in [3.63, 3.8) is 0 Å². The molecule has 0 bridgehead atoms. The fourth-order valence-electron chi connectivity index (χ4n) is 4.43. The zero-order chi connectivity index (χ0) is 24.3. The Morgan fingerprint density at radius 1 is 1.26 bits per heavy atom. The van der Waals surface area contributed by atoms with Crippen molar-refractivity contribution < 1.29 is 9.18 Å². The maximum Gasteiger partial charge on any atom is 0.281 e. The minimum absolute atomic E-state index is 0.0907. The standard InChI is InChI=1S/C22H20FN9O2S/c1-11-9-30(17-15-14(8-26-18(15)33)27-21(24)28-17)20(11)35-22-29-32-7-5-13(23)16(32)19(34)31(22)10-12-4-2-3-6-25-12/h2-7,11,20H,8-10H2,1H3,(H,26,33)(H2,24,27,28)/t11-,20?/m0/s1. The first kappa shape index (κ1) is 21.5. The van der Waals surface area contributed by atoms with Crippen LogP contribution in [0.25, 0.3) is 5.52 Å². The number of nitrogens with one attached hydrogen (secondary N) is 1. The number of carbonyl (C=O) groups excluding carboxylic acids is 1. The number of amides is 1. The Morgan fingerprint density at radius 3 is 2.89 bits per heavy atom. The molecule has 3 N–H and O–H groups in total. The summed E-state index contributed by atoms with van der Waals surface area (Å²) in [5.74, 6) is -0.135. The number of rotatable bonds is 5. The van der Waals surface area contributed by atoms with Gasteiger partial charge in [-0.05, 0) is 18.2 Å². The quantitative estimate of drug-likeness (QED) is 0.421. The minimum atomic E-state index is -0.634. The number of halogens is 1. The van der Waals surface area contributed by atoms with E-state index in [0.717, 1.165) is 0 Å². The number of nitrogens with zero attached hydrogens (tertiary/aromatic N) is 7. The van der Waals surface area contributed by atoms with Crippen LogP contribution < -0.4 is 21.5 Å². The molecule has 11 nitrogen and oxygen atoms in total. The number of pyridine rings is 1. The van der Waals surface area contributed by atoms with E-state index in [2.05, 4.69) is 32.3 Å². The Balaban J connectivity index is 1.42. The van der Waals surface area contributed by atoms with Gasteiger partial charge in [0.25, 0.3) is 11.5 Å². The molecule has 4 aromatic heterocycles. The molecule has 1 saturated heterocycles. The van der Waals surface area contributed by atoms with Crippen LogP contribution in [0.2, 0.25) is 0 Å². The van der Waals surface area contributed by atoms with E-state index in [4.69, 9.17) is 5.73 Å². The summed E-state index contributed by atoms with van der Waals surface area (Å²) in [5.41, 5.74) is 6.92. The summed E-state index contributed by atoms with van der Waals surface area (Å²) < 4.78 is 17.1. The normalized spacial score (nSPS) is 19.0. The summed E-state index contributed by atoms with van der Waals surface area (Å²) in [6.45, 7) is 3.14. The molecule has 1 fully saturated rings. The summed E-state index contributed by atoms with van der Waals surface area (Å²) in [4.78, 5) is 40.6. The Bertz CT molecular complexity index is 1540. The second kappa shape index (κ2) is 8.05. The molecule has 4 aromatic rings. The first-order valence-electron chi connectivity index (χ1n) is 11.0. The van der Waals surface area contributed by atoms with Gasteiger partial charge in [0.05, 0.1) is 29.9 Å². The van der Waals surface area contributed by atoms with Crippen LogP contribution in [0.4, 0.5) is 16.2 Å². The highest BCUT2D eigenvalue weighted by Crippen LogP contribution is 2.42. The maximum atomic E-state index is 14.4. The monoisotopic (exact) mass is 493 g/mol. The summed E-state index contributed by atoms with van der Waals surface area (Å²) in [5, 5.41) is 7.52. The van der Waals surface area contributed by atoms with Crippen LogP contribution in [0.1, 0.15) is 28.7 Å². The van der Waals surface area contributed by atoms with Crippen molar-refractivity contribution in [2.24, 2.45) is 5.92 Å². The van der Waals surface area contributed by atoms with Gasteiger partial charge in [0.2, 0.25) is 5.95 Å². The number of aromatic nitrogens is 6. The molecule has 0 radical (unpaired) electrons. The molecule has 0 aliphatic carbocycles. The molecular formula is C22H20FN9O2S. The molecule has 1 amide bonds. The zero-order valence-corrected chi connectivity index (χ0v) is 19.4. The Labute approximate surface area is 202 Å². The second-order valence-electron chi connectivity index (χ2n) is 8.50. The van der Waals surface area contributed by atoms with E-state index in [1.807, 2.05) is 11.0 Å². The first-order valence-corrected chi connectivity index (χ1v) is 11.8. The summed E-state index contributed by atoms with van der Waals surface area (Å²) in [6, 6.07) is 6.62. The highest BCUT2D eigenvalue weighted by atomic mass is 32.2. The Kier molecular flexibility index (Phi) is 4.95. The second-order valence-corrected chi connectivity index (χ2v) is 9.58. The number of fused-ring (bicyclic) bond motifs is 2. The van der Waals surface area contributed by atoms with Crippen molar-refractivity contribution in [1.29, 1.82) is 0 Å². The zero-order valence-electron chi connectivity index (χ0n) is 18.6. The number of hydrogen-bond acceptors (Lipinski definition) is 9. The molecule has 2 aliphatic heterocycles. The van der Waals surface area contributed by atoms with Gasteiger partial charge in [-0.15, -0.1) is 5.10 Å². The third kappa shape index (κ3) is 3.50. The molecule has 0 saturated carbocycles. The highest BCUT2D eigenvalue weighted by molar-refractivity contribution is 7.99. The van der Waals surface area contributed by atoms with Gasteiger partial charge in [0.1, 0.15) is 11.4 Å². The molecule has 178 valence electrons. The maximum absolute atomic E-state index is 14.4. The Hall–Kier alpha value is -4.00. The molecule has 2 aliphatic rings. The van der Waals surface area contributed by atoms with Gasteiger partial charge in [0.15, 0.2) is 16.5 Å². The lowest BCUT2D eigenvalue weighted by atomic mass is 10.0. The van der Waals surface area contributed by atoms with Crippen LogP contribution in [-0.2, 0) is 13.1 Å². The molecule has 0 spiro atoms. The van der Waals surface area contributed by atoms with Crippen LogP contribution in [0, 0.1) is 11.7 Å². The van der Waals surface area contributed by atoms with E-state index < -0.39 is 11.4 Å². The van der Waals surface area contributed by atoms with Gasteiger partial charge in [0, 0.05) is 24.9 Å². The van der Waals surface area contributed by atoms with E-state index in [1.165, 1.54) is 33.1 Å². The third-order valence-corrected chi connectivity index (χ3v) is 7.61. The number of hydrogen-bond donors (Lipinski definition) is 2. The summed E-state index contributed by atoms with van der Waals surface area (Å²) in [7, 11) is 0. The number of nitrogen functional groups attached to an aromatic ring is 1. The predicted molar refractivity (Wildman–Crippen MR) is 127 cm³/mol. The minimum Gasteiger partial charge on any atom is -0.368 e. The van der Waals surface area contributed by atoms with Crippen LogP contribution >= 0.6 is 11.8 Å². The molecule has 13 heteroatoms. The van der Waals surface area contributed by atoms with Gasteiger partial charge in [-0.25, -0.2) is 13.9 Å². The lowest BCUT2D eigenvalue weighted by Gasteiger charge is -2.47. The summed E-state index contributed by atoms with van der Waals surface area (Å²) >= 11 is 1.35. The highest BCUT2D eigenvalue weighted by Gasteiger charge is 2.42. The SMILES string of the molecule is C[C@H]1CN(c2nc(N)nc3c2C(=O)NC3)C1Sc1nn2ccc(F)c2c(=O)n1Cc1ccccn1. The molecule has 6 heterocycles. The molecule has 35 heavy (non-hydrogen) atoms. The molecular weight excluding hydrogens is 473 g/mol. The van der Waals surface area contributed by atoms with Crippen molar-refractivity contribution in [3.05, 3.63) is 69.8 Å². The van der Waals surface area contributed by atoms with Gasteiger partial charge in [-0.2, -0.15) is 4.98 Å². The average Bonchev–Trinajstić information content (AvgIpc) is 3.40. The number of carbonyl (C=O) groups is 1. The van der Waals surface area contributed by atoms with Crippen LogP contribution in [0.5, 0.6) is 0 Å². The molecule has 6 rings (SSSR count). The third-order valence-electron chi connectivity index (χ3n) is 6.14. The van der Waals surface area contributed by atoms with Crippen molar-refractivity contribution in [3.8, 4) is 0 Å². The molecule has 1 unspecified atom stereocenters. The van der Waals surface area contributed by atoms with Gasteiger partial charge >= 0.3 is 0 Å². The van der Waals surface area contributed by atoms with Crippen LogP contribution in [-0.4, -0.2) is 47.0 Å². The lowest BCUT2D eigenvalue weighted by Crippen LogP contribution is -2.54.